The molecule has 2 rings (SSSR count). The lowest BCUT2D eigenvalue weighted by atomic mass is 9.87. The summed E-state index contributed by atoms with van der Waals surface area (Å²) in [6.45, 7) is 3.05. The Balaban J connectivity index is 1.78. The second-order valence-corrected chi connectivity index (χ2v) is 4.95. The maximum atomic E-state index is 9.61. The molecule has 0 spiro atoms. The number of aliphatic hydroxyl groups is 1. The van der Waals surface area contributed by atoms with E-state index in [4.69, 9.17) is 0 Å². The van der Waals surface area contributed by atoms with Gasteiger partial charge in [0.05, 0.1) is 11.8 Å². The van der Waals surface area contributed by atoms with E-state index >= 15 is 0 Å². The summed E-state index contributed by atoms with van der Waals surface area (Å²) in [7, 11) is 0. The molecule has 4 heteroatoms. The minimum Gasteiger partial charge on any atom is -0.393 e. The van der Waals surface area contributed by atoms with Crippen LogP contribution in [0.4, 0.5) is 0 Å². The predicted molar refractivity (Wildman–Crippen MR) is 66.4 cm³/mol. The zero-order chi connectivity index (χ0) is 12.1. The second-order valence-electron chi connectivity index (χ2n) is 4.95. The minimum atomic E-state index is -0.0950. The zero-order valence-electron chi connectivity index (χ0n) is 10.3. The summed E-state index contributed by atoms with van der Waals surface area (Å²) in [5.74, 6) is 0.595. The van der Waals surface area contributed by atoms with E-state index in [1.165, 1.54) is 6.42 Å². The lowest BCUT2D eigenvalue weighted by Crippen LogP contribution is -2.31. The third-order valence-electron chi connectivity index (χ3n) is 3.49. The fourth-order valence-electron chi connectivity index (χ4n) is 2.43. The first kappa shape index (κ1) is 12.5. The van der Waals surface area contributed by atoms with Gasteiger partial charge in [-0.2, -0.15) is 0 Å². The van der Waals surface area contributed by atoms with Gasteiger partial charge in [0.15, 0.2) is 0 Å². The third kappa shape index (κ3) is 3.75. The van der Waals surface area contributed by atoms with Crippen LogP contribution in [0, 0.1) is 5.92 Å². The molecule has 17 heavy (non-hydrogen) atoms. The van der Waals surface area contributed by atoms with Crippen molar-refractivity contribution < 1.29 is 5.11 Å². The number of aliphatic hydroxyl groups excluding tert-OH is 1. The largest absolute Gasteiger partial charge is 0.393 e. The van der Waals surface area contributed by atoms with E-state index in [0.717, 1.165) is 31.5 Å². The monoisotopic (exact) mass is 235 g/mol. The molecule has 1 saturated carbocycles. The molecule has 1 heterocycles. The van der Waals surface area contributed by atoms with Gasteiger partial charge in [-0.25, -0.2) is 0 Å². The van der Waals surface area contributed by atoms with Crippen LogP contribution in [0.2, 0.25) is 0 Å². The van der Waals surface area contributed by atoms with E-state index in [9.17, 15) is 5.11 Å². The number of aromatic nitrogens is 2. The van der Waals surface area contributed by atoms with Crippen molar-refractivity contribution in [1.82, 2.24) is 15.3 Å². The van der Waals surface area contributed by atoms with Gasteiger partial charge in [0, 0.05) is 24.6 Å². The average Bonchev–Trinajstić information content (AvgIpc) is 2.37. The zero-order valence-corrected chi connectivity index (χ0v) is 10.3. The van der Waals surface area contributed by atoms with Crippen LogP contribution in [0.1, 0.15) is 44.3 Å². The third-order valence-corrected chi connectivity index (χ3v) is 3.49. The first-order valence-corrected chi connectivity index (χ1v) is 6.43. The molecule has 3 atom stereocenters. The molecule has 1 fully saturated rings. The highest BCUT2D eigenvalue weighted by atomic mass is 16.3. The van der Waals surface area contributed by atoms with Crippen molar-refractivity contribution in [2.75, 3.05) is 6.54 Å². The summed E-state index contributed by atoms with van der Waals surface area (Å²) in [5.41, 5.74) is 0.976. The number of nitrogens with one attached hydrogen (secondary N) is 1. The summed E-state index contributed by atoms with van der Waals surface area (Å²) in [5, 5.41) is 13.1. The minimum absolute atomic E-state index is 0.0950. The molecule has 0 aromatic carbocycles. The molecule has 0 radical (unpaired) electrons. The molecular weight excluding hydrogens is 214 g/mol. The van der Waals surface area contributed by atoms with Crippen molar-refractivity contribution in [3.63, 3.8) is 0 Å². The van der Waals surface area contributed by atoms with Gasteiger partial charge in [-0.05, 0) is 38.6 Å². The molecule has 1 aromatic rings. The molecule has 0 bridgehead atoms. The highest BCUT2D eigenvalue weighted by Gasteiger charge is 2.20. The lowest BCUT2D eigenvalue weighted by molar-refractivity contribution is 0.0997. The smallest absolute Gasteiger partial charge is 0.0753 e. The summed E-state index contributed by atoms with van der Waals surface area (Å²) in [6.07, 6.45) is 9.38. The van der Waals surface area contributed by atoms with Gasteiger partial charge in [0.2, 0.25) is 0 Å². The van der Waals surface area contributed by atoms with Crippen LogP contribution in [-0.4, -0.2) is 27.7 Å². The van der Waals surface area contributed by atoms with Crippen molar-refractivity contribution in [2.45, 2.75) is 44.8 Å². The van der Waals surface area contributed by atoms with Crippen LogP contribution in [-0.2, 0) is 0 Å². The molecule has 4 nitrogen and oxygen atoms in total. The topological polar surface area (TPSA) is 58.0 Å². The SMILES string of the molecule is CC(NCC1CCCC(O)C1)c1cnccn1. The molecule has 0 amide bonds. The van der Waals surface area contributed by atoms with Crippen molar-refractivity contribution >= 4 is 0 Å². The Hall–Kier alpha value is -1.00. The van der Waals surface area contributed by atoms with Gasteiger partial charge in [-0.1, -0.05) is 6.42 Å². The van der Waals surface area contributed by atoms with Crippen molar-refractivity contribution in [1.29, 1.82) is 0 Å². The molecule has 1 aromatic heterocycles. The van der Waals surface area contributed by atoms with Crippen LogP contribution < -0.4 is 5.32 Å². The Kier molecular flexibility index (Phi) is 4.45. The van der Waals surface area contributed by atoms with E-state index in [1.54, 1.807) is 18.6 Å². The number of hydrogen-bond donors (Lipinski definition) is 2. The standard InChI is InChI=1S/C13H21N3O/c1-10(13-9-14-5-6-15-13)16-8-11-3-2-4-12(17)7-11/h5-6,9-12,16-17H,2-4,7-8H2,1H3. The fraction of sp³-hybridized carbons (Fsp3) is 0.692. The quantitative estimate of drug-likeness (QED) is 0.833. The molecule has 0 saturated heterocycles. The molecule has 3 unspecified atom stereocenters. The van der Waals surface area contributed by atoms with Crippen molar-refractivity contribution in [3.05, 3.63) is 24.3 Å². The van der Waals surface area contributed by atoms with Gasteiger partial charge in [-0.15, -0.1) is 0 Å². The van der Waals surface area contributed by atoms with E-state index in [0.29, 0.717) is 5.92 Å². The predicted octanol–water partition coefficient (Wildman–Crippen LogP) is 1.68. The van der Waals surface area contributed by atoms with E-state index in [1.807, 2.05) is 0 Å². The van der Waals surface area contributed by atoms with Crippen LogP contribution >= 0.6 is 0 Å². The van der Waals surface area contributed by atoms with Crippen LogP contribution in [0.3, 0.4) is 0 Å². The van der Waals surface area contributed by atoms with Crippen LogP contribution in [0.5, 0.6) is 0 Å². The Bertz CT molecular complexity index is 331. The molecule has 1 aliphatic carbocycles. The highest BCUT2D eigenvalue weighted by molar-refractivity contribution is 5.00. The molecule has 1 aliphatic rings. The average molecular weight is 235 g/mol. The van der Waals surface area contributed by atoms with Gasteiger partial charge < -0.3 is 10.4 Å². The number of rotatable bonds is 4. The van der Waals surface area contributed by atoms with E-state index in [-0.39, 0.29) is 12.1 Å². The number of hydrogen-bond acceptors (Lipinski definition) is 4. The van der Waals surface area contributed by atoms with Gasteiger partial charge in [-0.3, -0.25) is 9.97 Å². The lowest BCUT2D eigenvalue weighted by Gasteiger charge is -2.27. The molecular formula is C13H21N3O. The van der Waals surface area contributed by atoms with E-state index < -0.39 is 0 Å². The normalized spacial score (nSPS) is 26.7. The highest BCUT2D eigenvalue weighted by Crippen LogP contribution is 2.24. The van der Waals surface area contributed by atoms with Crippen molar-refractivity contribution in [2.24, 2.45) is 5.92 Å². The summed E-state index contributed by atoms with van der Waals surface area (Å²) in [6, 6.07) is 0.225. The summed E-state index contributed by atoms with van der Waals surface area (Å²) in [4.78, 5) is 8.35. The molecule has 94 valence electrons. The maximum Gasteiger partial charge on any atom is 0.0753 e. The van der Waals surface area contributed by atoms with Gasteiger partial charge in [0.25, 0.3) is 0 Å². The summed E-state index contributed by atoms with van der Waals surface area (Å²) >= 11 is 0. The maximum absolute atomic E-state index is 9.61. The van der Waals surface area contributed by atoms with Gasteiger partial charge in [0.1, 0.15) is 0 Å². The first-order valence-electron chi connectivity index (χ1n) is 6.43. The Morgan fingerprint density at radius 3 is 3.06 bits per heavy atom. The molecule has 2 N–H and O–H groups in total. The van der Waals surface area contributed by atoms with Crippen LogP contribution in [0.25, 0.3) is 0 Å². The Morgan fingerprint density at radius 2 is 2.35 bits per heavy atom. The Morgan fingerprint density at radius 1 is 1.47 bits per heavy atom. The second kappa shape index (κ2) is 6.07. The number of nitrogens with zero attached hydrogens (tertiary/aromatic N) is 2. The Labute approximate surface area is 102 Å². The fourth-order valence-corrected chi connectivity index (χ4v) is 2.43. The molecule has 0 aliphatic heterocycles. The van der Waals surface area contributed by atoms with Crippen molar-refractivity contribution in [3.8, 4) is 0 Å². The summed E-state index contributed by atoms with van der Waals surface area (Å²) < 4.78 is 0. The van der Waals surface area contributed by atoms with Gasteiger partial charge >= 0.3 is 0 Å². The van der Waals surface area contributed by atoms with E-state index in [2.05, 4.69) is 22.2 Å². The first-order chi connectivity index (χ1) is 8.25. The van der Waals surface area contributed by atoms with Crippen LogP contribution in [0.15, 0.2) is 18.6 Å².